The molecule has 0 fully saturated rings. The lowest BCUT2D eigenvalue weighted by Crippen LogP contribution is -2.37. The molecule has 2 N–H and O–H groups in total. The van der Waals surface area contributed by atoms with Gasteiger partial charge in [-0.3, -0.25) is 4.79 Å². The van der Waals surface area contributed by atoms with Crippen molar-refractivity contribution in [2.45, 2.75) is 13.5 Å². The Bertz CT molecular complexity index is 393. The summed E-state index contributed by atoms with van der Waals surface area (Å²) in [5, 5.41) is 5.11. The Hall–Kier alpha value is -1.36. The van der Waals surface area contributed by atoms with Gasteiger partial charge in [0.05, 0.1) is 6.54 Å². The standard InChI is InChI=1S/C11H13BrN2O2/c1-8(15)6-13-11(16)14-7-9-3-2-4-10(12)5-9/h2-5H,6-7H2,1H3,(H2,13,14,16). The third-order valence-corrected chi connectivity index (χ3v) is 2.33. The molecule has 16 heavy (non-hydrogen) atoms. The third-order valence-electron chi connectivity index (χ3n) is 1.84. The maximum Gasteiger partial charge on any atom is 0.315 e. The van der Waals surface area contributed by atoms with Crippen LogP contribution in [0.25, 0.3) is 0 Å². The zero-order valence-corrected chi connectivity index (χ0v) is 10.5. The first kappa shape index (κ1) is 12.7. The van der Waals surface area contributed by atoms with Gasteiger partial charge in [0.1, 0.15) is 5.78 Å². The number of ketones is 1. The van der Waals surface area contributed by atoms with Crippen molar-refractivity contribution in [2.24, 2.45) is 0 Å². The van der Waals surface area contributed by atoms with E-state index in [2.05, 4.69) is 26.6 Å². The topological polar surface area (TPSA) is 58.2 Å². The number of carbonyl (C=O) groups excluding carboxylic acids is 2. The lowest BCUT2D eigenvalue weighted by molar-refractivity contribution is -0.116. The molecule has 2 amide bonds. The quantitative estimate of drug-likeness (QED) is 0.886. The molecule has 4 nitrogen and oxygen atoms in total. The van der Waals surface area contributed by atoms with E-state index in [-0.39, 0.29) is 18.4 Å². The maximum absolute atomic E-state index is 11.2. The molecule has 0 aromatic heterocycles. The second kappa shape index (κ2) is 6.27. The molecule has 0 saturated carbocycles. The van der Waals surface area contributed by atoms with E-state index >= 15 is 0 Å². The van der Waals surface area contributed by atoms with Crippen molar-refractivity contribution >= 4 is 27.7 Å². The fourth-order valence-electron chi connectivity index (χ4n) is 1.10. The lowest BCUT2D eigenvalue weighted by Gasteiger charge is -2.06. The van der Waals surface area contributed by atoms with E-state index < -0.39 is 0 Å². The smallest absolute Gasteiger partial charge is 0.315 e. The summed E-state index contributed by atoms with van der Waals surface area (Å²) < 4.78 is 0.968. The van der Waals surface area contributed by atoms with Crippen molar-refractivity contribution in [1.29, 1.82) is 0 Å². The Morgan fingerprint density at radius 3 is 2.69 bits per heavy atom. The molecule has 1 aromatic rings. The number of hydrogen-bond acceptors (Lipinski definition) is 2. The van der Waals surface area contributed by atoms with E-state index in [4.69, 9.17) is 0 Å². The first-order valence-electron chi connectivity index (χ1n) is 4.83. The molecule has 0 bridgehead atoms. The van der Waals surface area contributed by atoms with Crippen molar-refractivity contribution in [3.8, 4) is 0 Å². The van der Waals surface area contributed by atoms with Gasteiger partial charge in [0.15, 0.2) is 0 Å². The molecule has 1 rings (SSSR count). The van der Waals surface area contributed by atoms with Crippen molar-refractivity contribution < 1.29 is 9.59 Å². The average molecular weight is 285 g/mol. The molecule has 0 aliphatic heterocycles. The third kappa shape index (κ3) is 4.93. The van der Waals surface area contributed by atoms with Crippen LogP contribution >= 0.6 is 15.9 Å². The van der Waals surface area contributed by atoms with Crippen LogP contribution in [0.4, 0.5) is 4.79 Å². The van der Waals surface area contributed by atoms with Crippen LogP contribution in [0.3, 0.4) is 0 Å². The predicted octanol–water partition coefficient (Wildman–Crippen LogP) is 1.84. The number of carbonyl (C=O) groups is 2. The van der Waals surface area contributed by atoms with Gasteiger partial charge in [-0.2, -0.15) is 0 Å². The fourth-order valence-corrected chi connectivity index (χ4v) is 1.54. The van der Waals surface area contributed by atoms with E-state index in [9.17, 15) is 9.59 Å². The zero-order chi connectivity index (χ0) is 12.0. The monoisotopic (exact) mass is 284 g/mol. The molecular formula is C11H13BrN2O2. The van der Waals surface area contributed by atoms with Crippen molar-refractivity contribution in [3.63, 3.8) is 0 Å². The normalized spacial score (nSPS) is 9.62. The molecule has 0 aliphatic rings. The zero-order valence-electron chi connectivity index (χ0n) is 8.92. The van der Waals surface area contributed by atoms with Crippen LogP contribution in [0.5, 0.6) is 0 Å². The Morgan fingerprint density at radius 2 is 2.06 bits per heavy atom. The number of hydrogen-bond donors (Lipinski definition) is 2. The van der Waals surface area contributed by atoms with Crippen LogP contribution in [0.2, 0.25) is 0 Å². The lowest BCUT2D eigenvalue weighted by atomic mass is 10.2. The van der Waals surface area contributed by atoms with Gasteiger partial charge in [-0.1, -0.05) is 28.1 Å². The summed E-state index contributed by atoms with van der Waals surface area (Å²) in [6.07, 6.45) is 0. The van der Waals surface area contributed by atoms with E-state index in [1.165, 1.54) is 6.92 Å². The van der Waals surface area contributed by atoms with Crippen LogP contribution in [0.1, 0.15) is 12.5 Å². The molecule has 0 saturated heterocycles. The van der Waals surface area contributed by atoms with Crippen LogP contribution in [-0.2, 0) is 11.3 Å². The van der Waals surface area contributed by atoms with E-state index in [0.29, 0.717) is 6.54 Å². The first-order chi connectivity index (χ1) is 7.58. The molecule has 0 aliphatic carbocycles. The van der Waals surface area contributed by atoms with Gasteiger partial charge < -0.3 is 10.6 Å². The van der Waals surface area contributed by atoms with Crippen LogP contribution < -0.4 is 10.6 Å². The molecule has 0 radical (unpaired) electrons. The molecule has 0 spiro atoms. The minimum absolute atomic E-state index is 0.0598. The van der Waals surface area contributed by atoms with Crippen molar-refractivity contribution in [2.75, 3.05) is 6.54 Å². The summed E-state index contributed by atoms with van der Waals surface area (Å²) in [5.41, 5.74) is 0.993. The molecule has 0 unspecified atom stereocenters. The summed E-state index contributed by atoms with van der Waals surface area (Å²) in [6.45, 7) is 1.92. The fraction of sp³-hybridized carbons (Fsp3) is 0.273. The Morgan fingerprint density at radius 1 is 1.31 bits per heavy atom. The predicted molar refractivity (Wildman–Crippen MR) is 65.1 cm³/mol. The summed E-state index contributed by atoms with van der Waals surface area (Å²) in [4.78, 5) is 21.8. The van der Waals surface area contributed by atoms with Gasteiger partial charge in [-0.05, 0) is 24.6 Å². The molecular weight excluding hydrogens is 272 g/mol. The number of rotatable bonds is 4. The van der Waals surface area contributed by atoms with Crippen LogP contribution in [-0.4, -0.2) is 18.4 Å². The highest BCUT2D eigenvalue weighted by Crippen LogP contribution is 2.11. The number of amides is 2. The number of nitrogens with one attached hydrogen (secondary N) is 2. The highest BCUT2D eigenvalue weighted by molar-refractivity contribution is 9.10. The van der Waals surface area contributed by atoms with Gasteiger partial charge >= 0.3 is 6.03 Å². The second-order valence-electron chi connectivity index (χ2n) is 3.37. The highest BCUT2D eigenvalue weighted by atomic mass is 79.9. The number of urea groups is 1. The maximum atomic E-state index is 11.2. The van der Waals surface area contributed by atoms with Crippen LogP contribution in [0.15, 0.2) is 28.7 Å². The van der Waals surface area contributed by atoms with Crippen LogP contribution in [0, 0.1) is 0 Å². The Balaban J connectivity index is 2.34. The highest BCUT2D eigenvalue weighted by Gasteiger charge is 2.01. The molecule has 0 heterocycles. The SMILES string of the molecule is CC(=O)CNC(=O)NCc1cccc(Br)c1. The van der Waals surface area contributed by atoms with Gasteiger partial charge in [0.25, 0.3) is 0 Å². The van der Waals surface area contributed by atoms with E-state index in [0.717, 1.165) is 10.0 Å². The van der Waals surface area contributed by atoms with Gasteiger partial charge in [-0.25, -0.2) is 4.79 Å². The molecule has 5 heteroatoms. The summed E-state index contributed by atoms with van der Waals surface area (Å²) in [7, 11) is 0. The average Bonchev–Trinajstić information content (AvgIpc) is 2.23. The first-order valence-corrected chi connectivity index (χ1v) is 5.63. The summed E-state index contributed by atoms with van der Waals surface area (Å²) in [6, 6.07) is 7.31. The number of Topliss-reactive ketones (excluding diaryl/α,β-unsaturated/α-hetero) is 1. The minimum Gasteiger partial charge on any atom is -0.334 e. The van der Waals surface area contributed by atoms with Crippen molar-refractivity contribution in [3.05, 3.63) is 34.3 Å². The minimum atomic E-state index is -0.338. The molecule has 0 atom stereocenters. The van der Waals surface area contributed by atoms with Gasteiger partial charge in [-0.15, -0.1) is 0 Å². The second-order valence-corrected chi connectivity index (χ2v) is 4.28. The van der Waals surface area contributed by atoms with Gasteiger partial charge in [0, 0.05) is 11.0 Å². The van der Waals surface area contributed by atoms with E-state index in [1.54, 1.807) is 0 Å². The summed E-state index contributed by atoms with van der Waals surface area (Å²) >= 11 is 3.35. The van der Waals surface area contributed by atoms with E-state index in [1.807, 2.05) is 24.3 Å². The molecule has 1 aromatic carbocycles. The Labute approximate surface area is 103 Å². The number of benzene rings is 1. The largest absolute Gasteiger partial charge is 0.334 e. The molecule has 86 valence electrons. The number of halogens is 1. The van der Waals surface area contributed by atoms with Crippen molar-refractivity contribution in [1.82, 2.24) is 10.6 Å². The summed E-state index contributed by atoms with van der Waals surface area (Å²) in [5.74, 6) is -0.0717. The Kier molecular flexibility index (Phi) is 4.98. The van der Waals surface area contributed by atoms with Gasteiger partial charge in [0.2, 0.25) is 0 Å².